The molecular formula is C12H12N4O2S. The smallest absolute Gasteiger partial charge is 0.271 e. The summed E-state index contributed by atoms with van der Waals surface area (Å²) in [4.78, 5) is 28.6. The molecular weight excluding hydrogens is 264 g/mol. The second-order valence-corrected chi connectivity index (χ2v) is 4.60. The van der Waals surface area contributed by atoms with Crippen LogP contribution in [0.5, 0.6) is 0 Å². The molecule has 98 valence electrons. The molecule has 2 heterocycles. The third kappa shape index (κ3) is 3.19. The van der Waals surface area contributed by atoms with E-state index >= 15 is 0 Å². The summed E-state index contributed by atoms with van der Waals surface area (Å²) in [6, 6.07) is 3.17. The molecule has 0 atom stereocenters. The minimum absolute atomic E-state index is 0.0400. The van der Waals surface area contributed by atoms with Crippen LogP contribution in [-0.4, -0.2) is 39.2 Å². The van der Waals surface area contributed by atoms with Crippen molar-refractivity contribution in [2.24, 2.45) is 5.10 Å². The number of thioether (sulfide) groups is 1. The molecule has 1 aliphatic rings. The van der Waals surface area contributed by atoms with E-state index in [9.17, 15) is 9.59 Å². The lowest BCUT2D eigenvalue weighted by Gasteiger charge is -2.12. The molecule has 2 amide bonds. The summed E-state index contributed by atoms with van der Waals surface area (Å²) >= 11 is 1.29. The molecule has 0 spiro atoms. The summed E-state index contributed by atoms with van der Waals surface area (Å²) in [6.07, 6.45) is 4.67. The zero-order chi connectivity index (χ0) is 13.7. The molecule has 1 saturated heterocycles. The summed E-state index contributed by atoms with van der Waals surface area (Å²) in [6.45, 7) is 3.97. The molecule has 0 bridgehead atoms. The Bertz CT molecular complexity index is 530. The highest BCUT2D eigenvalue weighted by Crippen LogP contribution is 2.18. The zero-order valence-corrected chi connectivity index (χ0v) is 10.9. The Morgan fingerprint density at radius 2 is 2.32 bits per heavy atom. The number of carbonyl (C=O) groups is 2. The lowest BCUT2D eigenvalue weighted by atomic mass is 10.3. The average molecular weight is 276 g/mol. The van der Waals surface area contributed by atoms with E-state index < -0.39 is 0 Å². The highest BCUT2D eigenvalue weighted by molar-refractivity contribution is 8.15. The fourth-order valence-electron chi connectivity index (χ4n) is 1.46. The van der Waals surface area contributed by atoms with E-state index in [4.69, 9.17) is 0 Å². The number of amidine groups is 1. The SMILES string of the molecule is C=CCN1C(=O)CSC1=NNC(=O)c1ccncc1. The van der Waals surface area contributed by atoms with Gasteiger partial charge in [0, 0.05) is 24.5 Å². The van der Waals surface area contributed by atoms with E-state index in [1.54, 1.807) is 18.2 Å². The predicted octanol–water partition coefficient (Wildman–Crippen LogP) is 0.844. The van der Waals surface area contributed by atoms with Crippen LogP contribution in [0, 0.1) is 0 Å². The lowest BCUT2D eigenvalue weighted by Crippen LogP contribution is -2.31. The van der Waals surface area contributed by atoms with Gasteiger partial charge in [0.1, 0.15) is 0 Å². The average Bonchev–Trinajstić information content (AvgIpc) is 2.79. The van der Waals surface area contributed by atoms with Crippen LogP contribution in [-0.2, 0) is 4.79 Å². The first-order valence-corrected chi connectivity index (χ1v) is 6.53. The number of carbonyl (C=O) groups excluding carboxylic acids is 2. The van der Waals surface area contributed by atoms with Gasteiger partial charge in [0.15, 0.2) is 5.17 Å². The van der Waals surface area contributed by atoms with Crippen molar-refractivity contribution >= 4 is 28.7 Å². The number of nitrogens with one attached hydrogen (secondary N) is 1. The fraction of sp³-hybridized carbons (Fsp3) is 0.167. The Labute approximate surface area is 114 Å². The maximum atomic E-state index is 11.8. The van der Waals surface area contributed by atoms with Gasteiger partial charge in [0.25, 0.3) is 5.91 Å². The number of hydrogen-bond donors (Lipinski definition) is 1. The molecule has 19 heavy (non-hydrogen) atoms. The molecule has 0 saturated carbocycles. The van der Waals surface area contributed by atoms with Crippen molar-refractivity contribution in [2.75, 3.05) is 12.3 Å². The summed E-state index contributed by atoms with van der Waals surface area (Å²) in [5.74, 6) is -0.0483. The molecule has 2 rings (SSSR count). The van der Waals surface area contributed by atoms with E-state index in [-0.39, 0.29) is 11.8 Å². The number of nitrogens with zero attached hydrogens (tertiary/aromatic N) is 3. The van der Waals surface area contributed by atoms with Gasteiger partial charge in [-0.25, -0.2) is 5.43 Å². The monoisotopic (exact) mass is 276 g/mol. The van der Waals surface area contributed by atoms with Gasteiger partial charge in [-0.2, -0.15) is 0 Å². The van der Waals surface area contributed by atoms with E-state index in [1.807, 2.05) is 0 Å². The molecule has 0 aromatic carbocycles. The van der Waals surface area contributed by atoms with Crippen LogP contribution in [0.15, 0.2) is 42.3 Å². The highest BCUT2D eigenvalue weighted by atomic mass is 32.2. The molecule has 1 aromatic rings. The second-order valence-electron chi connectivity index (χ2n) is 3.65. The first-order chi connectivity index (χ1) is 9.22. The summed E-state index contributed by atoms with van der Waals surface area (Å²) in [5.41, 5.74) is 2.88. The maximum Gasteiger partial charge on any atom is 0.271 e. The Morgan fingerprint density at radius 3 is 3.00 bits per heavy atom. The van der Waals surface area contributed by atoms with E-state index in [1.165, 1.54) is 29.1 Å². The predicted molar refractivity (Wildman–Crippen MR) is 73.5 cm³/mol. The van der Waals surface area contributed by atoms with Gasteiger partial charge in [0.2, 0.25) is 5.91 Å². The lowest BCUT2D eigenvalue weighted by molar-refractivity contribution is -0.123. The van der Waals surface area contributed by atoms with Crippen LogP contribution < -0.4 is 5.43 Å². The van der Waals surface area contributed by atoms with Crippen LogP contribution in [0.2, 0.25) is 0 Å². The molecule has 6 nitrogen and oxygen atoms in total. The normalized spacial score (nSPS) is 16.7. The van der Waals surface area contributed by atoms with Crippen LogP contribution in [0.25, 0.3) is 0 Å². The third-order valence-corrected chi connectivity index (χ3v) is 3.33. The van der Waals surface area contributed by atoms with Crippen molar-refractivity contribution in [3.8, 4) is 0 Å². The summed E-state index contributed by atoms with van der Waals surface area (Å²) in [7, 11) is 0. The number of aromatic nitrogens is 1. The Balaban J connectivity index is 2.04. The van der Waals surface area contributed by atoms with Gasteiger partial charge < -0.3 is 0 Å². The molecule has 0 radical (unpaired) electrons. The minimum atomic E-state index is -0.339. The third-order valence-electron chi connectivity index (χ3n) is 2.36. The minimum Gasteiger partial charge on any atom is -0.285 e. The van der Waals surface area contributed by atoms with Gasteiger partial charge in [-0.1, -0.05) is 17.8 Å². The maximum absolute atomic E-state index is 11.8. The van der Waals surface area contributed by atoms with Gasteiger partial charge in [-0.3, -0.25) is 19.5 Å². The van der Waals surface area contributed by atoms with Crippen molar-refractivity contribution < 1.29 is 9.59 Å². The van der Waals surface area contributed by atoms with Crippen molar-refractivity contribution in [1.29, 1.82) is 0 Å². The highest BCUT2D eigenvalue weighted by Gasteiger charge is 2.27. The zero-order valence-electron chi connectivity index (χ0n) is 10.1. The largest absolute Gasteiger partial charge is 0.285 e. The molecule has 1 N–H and O–H groups in total. The number of pyridine rings is 1. The van der Waals surface area contributed by atoms with Gasteiger partial charge in [-0.05, 0) is 12.1 Å². The van der Waals surface area contributed by atoms with Crippen molar-refractivity contribution in [3.63, 3.8) is 0 Å². The molecule has 1 aliphatic heterocycles. The Kier molecular flexibility index (Phi) is 4.30. The first kappa shape index (κ1) is 13.3. The van der Waals surface area contributed by atoms with Gasteiger partial charge in [0.05, 0.1) is 5.75 Å². The van der Waals surface area contributed by atoms with Gasteiger partial charge in [-0.15, -0.1) is 11.7 Å². The Hall–Kier alpha value is -2.15. The van der Waals surface area contributed by atoms with E-state index in [2.05, 4.69) is 22.1 Å². The molecule has 1 aromatic heterocycles. The number of rotatable bonds is 4. The number of hydrogen-bond acceptors (Lipinski definition) is 5. The summed E-state index contributed by atoms with van der Waals surface area (Å²) in [5, 5.41) is 4.45. The second kappa shape index (κ2) is 6.14. The van der Waals surface area contributed by atoms with Crippen LogP contribution >= 0.6 is 11.8 Å². The van der Waals surface area contributed by atoms with Crippen LogP contribution in [0.3, 0.4) is 0 Å². The van der Waals surface area contributed by atoms with E-state index in [0.717, 1.165) is 0 Å². The standard InChI is InChI=1S/C12H12N4O2S/c1-2-7-16-10(17)8-19-12(16)15-14-11(18)9-3-5-13-6-4-9/h2-6H,1,7-8H2,(H,14,18). The fourth-order valence-corrected chi connectivity index (χ4v) is 2.31. The quantitative estimate of drug-likeness (QED) is 0.653. The number of amides is 2. The van der Waals surface area contributed by atoms with Crippen molar-refractivity contribution in [2.45, 2.75) is 0 Å². The van der Waals surface area contributed by atoms with Crippen molar-refractivity contribution in [3.05, 3.63) is 42.7 Å². The van der Waals surface area contributed by atoms with Crippen molar-refractivity contribution in [1.82, 2.24) is 15.3 Å². The van der Waals surface area contributed by atoms with Crippen LogP contribution in [0.4, 0.5) is 0 Å². The Morgan fingerprint density at radius 1 is 1.58 bits per heavy atom. The van der Waals surface area contributed by atoms with Gasteiger partial charge >= 0.3 is 0 Å². The number of hydrazone groups is 1. The molecule has 1 fully saturated rings. The summed E-state index contributed by atoms with van der Waals surface area (Å²) < 4.78 is 0. The molecule has 0 aliphatic carbocycles. The molecule has 7 heteroatoms. The molecule has 0 unspecified atom stereocenters. The topological polar surface area (TPSA) is 74.7 Å². The van der Waals surface area contributed by atoms with E-state index in [0.29, 0.717) is 23.0 Å². The van der Waals surface area contributed by atoms with Crippen LogP contribution in [0.1, 0.15) is 10.4 Å². The first-order valence-electron chi connectivity index (χ1n) is 5.54.